The summed E-state index contributed by atoms with van der Waals surface area (Å²) in [6.07, 6.45) is 0.525. The Morgan fingerprint density at radius 1 is 1.31 bits per heavy atom. The van der Waals surface area contributed by atoms with E-state index in [-0.39, 0.29) is 11.5 Å². The van der Waals surface area contributed by atoms with Crippen molar-refractivity contribution < 1.29 is 13.2 Å². The Kier molecular flexibility index (Phi) is 5.28. The van der Waals surface area contributed by atoms with E-state index in [1.807, 2.05) is 24.3 Å². The molecule has 16 heavy (non-hydrogen) atoms. The van der Waals surface area contributed by atoms with Gasteiger partial charge in [0.2, 0.25) is 0 Å². The van der Waals surface area contributed by atoms with Crippen LogP contribution in [0.2, 0.25) is 0 Å². The zero-order valence-corrected chi connectivity index (χ0v) is 11.6. The Labute approximate surface area is 105 Å². The molecule has 1 aromatic carbocycles. The standard InChI is InChI=1S/C11H15BrO3S/c1-2-16(13,14)9-5-8-15-11-7-4-3-6-10(11)12/h3-4,6-7H,2,5,8-9H2,1H3. The Bertz CT molecular complexity index is 429. The van der Waals surface area contributed by atoms with Gasteiger partial charge in [0.1, 0.15) is 15.6 Å². The molecule has 0 saturated carbocycles. The average Bonchev–Trinajstić information content (AvgIpc) is 2.27. The smallest absolute Gasteiger partial charge is 0.150 e. The molecular formula is C11H15BrO3S. The summed E-state index contributed by atoms with van der Waals surface area (Å²) in [7, 11) is -2.88. The number of rotatable bonds is 6. The van der Waals surface area contributed by atoms with Crippen LogP contribution in [0.4, 0.5) is 0 Å². The monoisotopic (exact) mass is 306 g/mol. The minimum atomic E-state index is -2.88. The lowest BCUT2D eigenvalue weighted by atomic mass is 10.3. The summed E-state index contributed by atoms with van der Waals surface area (Å²) in [5, 5.41) is 0. The molecule has 0 aromatic heterocycles. The van der Waals surface area contributed by atoms with Gasteiger partial charge in [0.15, 0.2) is 0 Å². The van der Waals surface area contributed by atoms with Crippen molar-refractivity contribution in [1.82, 2.24) is 0 Å². The summed E-state index contributed by atoms with van der Waals surface area (Å²) >= 11 is 3.36. The van der Waals surface area contributed by atoms with Crippen LogP contribution in [-0.4, -0.2) is 26.5 Å². The van der Waals surface area contributed by atoms with Gasteiger partial charge < -0.3 is 4.74 Å². The Hall–Kier alpha value is -0.550. The number of benzene rings is 1. The number of hydrogen-bond donors (Lipinski definition) is 0. The fourth-order valence-corrected chi connectivity index (χ4v) is 2.41. The maximum Gasteiger partial charge on any atom is 0.150 e. The highest BCUT2D eigenvalue weighted by Crippen LogP contribution is 2.23. The van der Waals surface area contributed by atoms with Crippen molar-refractivity contribution in [3.05, 3.63) is 28.7 Å². The Morgan fingerprint density at radius 2 is 2.00 bits per heavy atom. The maximum atomic E-state index is 11.2. The summed E-state index contributed by atoms with van der Waals surface area (Å²) < 4.78 is 28.8. The molecule has 0 unspecified atom stereocenters. The van der Waals surface area contributed by atoms with Crippen LogP contribution in [0.15, 0.2) is 28.7 Å². The lowest BCUT2D eigenvalue weighted by Gasteiger charge is -2.07. The van der Waals surface area contributed by atoms with Crippen LogP contribution in [0.25, 0.3) is 0 Å². The van der Waals surface area contributed by atoms with E-state index in [9.17, 15) is 8.42 Å². The van der Waals surface area contributed by atoms with E-state index in [0.29, 0.717) is 13.0 Å². The van der Waals surface area contributed by atoms with Gasteiger partial charge in [-0.15, -0.1) is 0 Å². The van der Waals surface area contributed by atoms with Crippen molar-refractivity contribution in [2.75, 3.05) is 18.1 Å². The van der Waals surface area contributed by atoms with Gasteiger partial charge in [-0.3, -0.25) is 0 Å². The van der Waals surface area contributed by atoms with Crippen molar-refractivity contribution >= 4 is 25.8 Å². The molecule has 0 spiro atoms. The second kappa shape index (κ2) is 6.25. The van der Waals surface area contributed by atoms with Crippen LogP contribution in [0.5, 0.6) is 5.75 Å². The van der Waals surface area contributed by atoms with Gasteiger partial charge in [0, 0.05) is 5.75 Å². The first-order chi connectivity index (χ1) is 7.55. The third-order valence-electron chi connectivity index (χ3n) is 2.13. The van der Waals surface area contributed by atoms with Crippen molar-refractivity contribution in [2.24, 2.45) is 0 Å². The summed E-state index contributed by atoms with van der Waals surface area (Å²) in [4.78, 5) is 0. The van der Waals surface area contributed by atoms with E-state index in [0.717, 1.165) is 10.2 Å². The third-order valence-corrected chi connectivity index (χ3v) is 4.58. The average molecular weight is 307 g/mol. The van der Waals surface area contributed by atoms with Crippen LogP contribution >= 0.6 is 15.9 Å². The molecule has 0 aliphatic carbocycles. The fraction of sp³-hybridized carbons (Fsp3) is 0.455. The van der Waals surface area contributed by atoms with Crippen molar-refractivity contribution in [2.45, 2.75) is 13.3 Å². The van der Waals surface area contributed by atoms with E-state index in [1.54, 1.807) is 6.92 Å². The zero-order chi connectivity index (χ0) is 12.0. The van der Waals surface area contributed by atoms with Crippen LogP contribution in [0.3, 0.4) is 0 Å². The minimum Gasteiger partial charge on any atom is -0.492 e. The van der Waals surface area contributed by atoms with Crippen LogP contribution in [-0.2, 0) is 9.84 Å². The summed E-state index contributed by atoms with van der Waals surface area (Å²) in [5.41, 5.74) is 0. The molecule has 3 nitrogen and oxygen atoms in total. The highest BCUT2D eigenvalue weighted by molar-refractivity contribution is 9.10. The minimum absolute atomic E-state index is 0.188. The van der Waals surface area contributed by atoms with E-state index in [4.69, 9.17) is 4.74 Å². The SMILES string of the molecule is CCS(=O)(=O)CCCOc1ccccc1Br. The lowest BCUT2D eigenvalue weighted by molar-refractivity contribution is 0.316. The first-order valence-electron chi connectivity index (χ1n) is 5.13. The summed E-state index contributed by atoms with van der Waals surface area (Å²) in [6.45, 7) is 2.08. The summed E-state index contributed by atoms with van der Waals surface area (Å²) in [5.74, 6) is 1.13. The molecule has 0 aliphatic rings. The van der Waals surface area contributed by atoms with Crippen LogP contribution in [0, 0.1) is 0 Å². The van der Waals surface area contributed by atoms with Gasteiger partial charge in [-0.1, -0.05) is 19.1 Å². The molecule has 90 valence electrons. The second-order valence-corrected chi connectivity index (χ2v) is 6.70. The van der Waals surface area contributed by atoms with Crippen LogP contribution in [0.1, 0.15) is 13.3 Å². The van der Waals surface area contributed by atoms with Crippen LogP contribution < -0.4 is 4.74 Å². The van der Waals surface area contributed by atoms with Crippen molar-refractivity contribution in [3.8, 4) is 5.75 Å². The highest BCUT2D eigenvalue weighted by Gasteiger charge is 2.07. The number of sulfone groups is 1. The highest BCUT2D eigenvalue weighted by atomic mass is 79.9. The van der Waals surface area contributed by atoms with Crippen molar-refractivity contribution in [1.29, 1.82) is 0 Å². The largest absolute Gasteiger partial charge is 0.492 e. The molecule has 0 heterocycles. The van der Waals surface area contributed by atoms with E-state index in [1.165, 1.54) is 0 Å². The van der Waals surface area contributed by atoms with E-state index >= 15 is 0 Å². The molecule has 0 radical (unpaired) electrons. The van der Waals surface area contributed by atoms with Gasteiger partial charge in [-0.25, -0.2) is 8.42 Å². The third kappa shape index (κ3) is 4.53. The zero-order valence-electron chi connectivity index (χ0n) is 9.15. The normalized spacial score (nSPS) is 11.4. The quantitative estimate of drug-likeness (QED) is 0.759. The molecule has 0 amide bonds. The molecule has 0 fully saturated rings. The second-order valence-electron chi connectivity index (χ2n) is 3.37. The molecule has 0 atom stereocenters. The molecule has 0 saturated heterocycles. The number of para-hydroxylation sites is 1. The molecule has 1 aromatic rings. The van der Waals surface area contributed by atoms with Gasteiger partial charge in [-0.05, 0) is 34.5 Å². The Balaban J connectivity index is 2.35. The molecule has 0 aliphatic heterocycles. The van der Waals surface area contributed by atoms with E-state index < -0.39 is 9.84 Å². The molecule has 0 bridgehead atoms. The van der Waals surface area contributed by atoms with Crippen molar-refractivity contribution in [3.63, 3.8) is 0 Å². The fourth-order valence-electron chi connectivity index (χ4n) is 1.17. The number of halogens is 1. The first-order valence-corrected chi connectivity index (χ1v) is 7.74. The molecule has 0 N–H and O–H groups in total. The lowest BCUT2D eigenvalue weighted by Crippen LogP contribution is -2.11. The molecular weight excluding hydrogens is 292 g/mol. The van der Waals surface area contributed by atoms with Gasteiger partial charge in [-0.2, -0.15) is 0 Å². The Morgan fingerprint density at radius 3 is 2.62 bits per heavy atom. The topological polar surface area (TPSA) is 43.4 Å². The predicted octanol–water partition coefficient (Wildman–Crippen LogP) is 2.65. The number of hydrogen-bond acceptors (Lipinski definition) is 3. The van der Waals surface area contributed by atoms with Gasteiger partial charge in [0.05, 0.1) is 16.8 Å². The van der Waals surface area contributed by atoms with Gasteiger partial charge in [0.25, 0.3) is 0 Å². The number of ether oxygens (including phenoxy) is 1. The predicted molar refractivity (Wildman–Crippen MR) is 68.6 cm³/mol. The van der Waals surface area contributed by atoms with E-state index in [2.05, 4.69) is 15.9 Å². The van der Waals surface area contributed by atoms with Gasteiger partial charge >= 0.3 is 0 Å². The molecule has 1 rings (SSSR count). The molecule has 5 heteroatoms. The first kappa shape index (κ1) is 13.5. The maximum absolute atomic E-state index is 11.2. The summed E-state index contributed by atoms with van der Waals surface area (Å²) in [6, 6.07) is 7.51.